The number of likely N-dealkylation sites (tertiary alicyclic amines) is 1. The molecule has 1 aliphatic rings. The molecular formula is C22H22FN3O3. The Balaban J connectivity index is 1.41. The van der Waals surface area contributed by atoms with Crippen LogP contribution in [0.5, 0.6) is 5.75 Å². The highest BCUT2D eigenvalue weighted by Gasteiger charge is 2.33. The number of benzene rings is 2. The first-order valence-electron chi connectivity index (χ1n) is 9.66. The number of carbonyl (C=O) groups excluding carboxylic acids is 1. The van der Waals surface area contributed by atoms with Crippen molar-refractivity contribution in [2.24, 2.45) is 0 Å². The molecule has 1 aliphatic heterocycles. The van der Waals surface area contributed by atoms with Crippen molar-refractivity contribution in [1.29, 1.82) is 0 Å². The Bertz CT molecular complexity index is 970. The Kier molecular flexibility index (Phi) is 5.55. The van der Waals surface area contributed by atoms with Crippen LogP contribution in [0.1, 0.15) is 36.8 Å². The van der Waals surface area contributed by atoms with Gasteiger partial charge >= 0.3 is 0 Å². The largest absolute Gasteiger partial charge is 0.497 e. The van der Waals surface area contributed by atoms with E-state index in [0.29, 0.717) is 36.7 Å². The normalized spacial score (nSPS) is 16.2. The molecule has 1 unspecified atom stereocenters. The molecule has 0 N–H and O–H groups in total. The van der Waals surface area contributed by atoms with E-state index in [4.69, 9.17) is 9.26 Å². The predicted molar refractivity (Wildman–Crippen MR) is 105 cm³/mol. The number of halogens is 1. The van der Waals surface area contributed by atoms with Crippen molar-refractivity contribution in [3.8, 4) is 17.1 Å². The van der Waals surface area contributed by atoms with E-state index in [0.717, 1.165) is 24.2 Å². The number of carbonyl (C=O) groups is 1. The van der Waals surface area contributed by atoms with Crippen LogP contribution >= 0.6 is 0 Å². The van der Waals surface area contributed by atoms with Gasteiger partial charge in [0.15, 0.2) is 0 Å². The SMILES string of the molecule is COc1ccc(CCC(=O)N2CCCC2c2nc(-c3ccc(F)cc3)no2)cc1. The molecule has 4 rings (SSSR count). The summed E-state index contributed by atoms with van der Waals surface area (Å²) in [5.41, 5.74) is 1.77. The number of nitrogens with zero attached hydrogens (tertiary/aromatic N) is 3. The van der Waals surface area contributed by atoms with Gasteiger partial charge in [-0.3, -0.25) is 4.79 Å². The quantitative estimate of drug-likeness (QED) is 0.626. The highest BCUT2D eigenvalue weighted by molar-refractivity contribution is 5.77. The summed E-state index contributed by atoms with van der Waals surface area (Å²) >= 11 is 0. The minimum absolute atomic E-state index is 0.0739. The lowest BCUT2D eigenvalue weighted by molar-refractivity contribution is -0.132. The molecule has 1 atom stereocenters. The first-order valence-corrected chi connectivity index (χ1v) is 9.66. The third-order valence-corrected chi connectivity index (χ3v) is 5.19. The molecule has 1 fully saturated rings. The predicted octanol–water partition coefficient (Wildman–Crippen LogP) is 4.18. The third kappa shape index (κ3) is 4.29. The fourth-order valence-electron chi connectivity index (χ4n) is 3.60. The van der Waals surface area contributed by atoms with Crippen LogP contribution < -0.4 is 4.74 Å². The molecular weight excluding hydrogens is 373 g/mol. The van der Waals surface area contributed by atoms with Gasteiger partial charge in [0.05, 0.1) is 7.11 Å². The Labute approximate surface area is 168 Å². The van der Waals surface area contributed by atoms with E-state index in [-0.39, 0.29) is 17.8 Å². The van der Waals surface area contributed by atoms with Crippen LogP contribution in [-0.4, -0.2) is 34.6 Å². The summed E-state index contributed by atoms with van der Waals surface area (Å²) in [4.78, 5) is 19.1. The second-order valence-electron chi connectivity index (χ2n) is 7.06. The number of hydrogen-bond acceptors (Lipinski definition) is 5. The summed E-state index contributed by atoms with van der Waals surface area (Å²) in [7, 11) is 1.63. The maximum absolute atomic E-state index is 13.1. The number of hydrogen-bond donors (Lipinski definition) is 0. The Morgan fingerprint density at radius 3 is 2.69 bits per heavy atom. The standard InChI is InChI=1S/C22H22FN3O3/c1-28-18-11-4-15(5-12-18)6-13-20(27)26-14-2-3-19(26)22-24-21(25-29-22)16-7-9-17(23)10-8-16/h4-5,7-12,19H,2-3,6,13-14H2,1H3. The second kappa shape index (κ2) is 8.43. The summed E-state index contributed by atoms with van der Waals surface area (Å²) in [6.07, 6.45) is 2.77. The Morgan fingerprint density at radius 2 is 1.97 bits per heavy atom. The summed E-state index contributed by atoms with van der Waals surface area (Å²) in [6, 6.07) is 13.5. The maximum atomic E-state index is 13.1. The van der Waals surface area contributed by atoms with Crippen LogP contribution in [0, 0.1) is 5.82 Å². The first kappa shape index (κ1) is 19.1. The molecule has 0 saturated carbocycles. The molecule has 0 bridgehead atoms. The van der Waals surface area contributed by atoms with E-state index in [9.17, 15) is 9.18 Å². The van der Waals surface area contributed by atoms with Crippen LogP contribution in [-0.2, 0) is 11.2 Å². The van der Waals surface area contributed by atoms with Crippen LogP contribution in [0.25, 0.3) is 11.4 Å². The van der Waals surface area contributed by atoms with Gasteiger partial charge in [0.25, 0.3) is 0 Å². The maximum Gasteiger partial charge on any atom is 0.249 e. The van der Waals surface area contributed by atoms with E-state index in [1.165, 1.54) is 12.1 Å². The van der Waals surface area contributed by atoms with Crippen molar-refractivity contribution >= 4 is 5.91 Å². The van der Waals surface area contributed by atoms with Crippen molar-refractivity contribution < 1.29 is 18.4 Å². The first-order chi connectivity index (χ1) is 14.1. The minimum Gasteiger partial charge on any atom is -0.497 e. The fourth-order valence-corrected chi connectivity index (χ4v) is 3.60. The van der Waals surface area contributed by atoms with Gasteiger partial charge in [-0.25, -0.2) is 4.39 Å². The van der Waals surface area contributed by atoms with E-state index in [1.807, 2.05) is 29.2 Å². The lowest BCUT2D eigenvalue weighted by Crippen LogP contribution is -2.30. The number of aromatic nitrogens is 2. The van der Waals surface area contributed by atoms with Gasteiger partial charge in [0.2, 0.25) is 17.6 Å². The van der Waals surface area contributed by atoms with Crippen molar-refractivity contribution in [2.75, 3.05) is 13.7 Å². The average molecular weight is 395 g/mol. The zero-order chi connectivity index (χ0) is 20.2. The topological polar surface area (TPSA) is 68.5 Å². The number of amides is 1. The molecule has 7 heteroatoms. The molecule has 0 radical (unpaired) electrons. The molecule has 0 aliphatic carbocycles. The van der Waals surface area contributed by atoms with Crippen LogP contribution in [0.15, 0.2) is 53.1 Å². The summed E-state index contributed by atoms with van der Waals surface area (Å²) < 4.78 is 23.7. The minimum atomic E-state index is -0.318. The average Bonchev–Trinajstić information content (AvgIpc) is 3.42. The van der Waals surface area contributed by atoms with Gasteiger partial charge in [0.1, 0.15) is 17.6 Å². The van der Waals surface area contributed by atoms with E-state index >= 15 is 0 Å². The van der Waals surface area contributed by atoms with Crippen molar-refractivity contribution in [3.05, 3.63) is 65.8 Å². The number of aryl methyl sites for hydroxylation is 1. The van der Waals surface area contributed by atoms with Gasteiger partial charge in [-0.05, 0) is 61.2 Å². The monoisotopic (exact) mass is 395 g/mol. The summed E-state index contributed by atoms with van der Waals surface area (Å²) in [5.74, 6) is 1.39. The van der Waals surface area contributed by atoms with Gasteiger partial charge in [-0.15, -0.1) is 0 Å². The highest BCUT2D eigenvalue weighted by atomic mass is 19.1. The number of methoxy groups -OCH3 is 1. The van der Waals surface area contributed by atoms with Crippen LogP contribution in [0.2, 0.25) is 0 Å². The Hall–Kier alpha value is -3.22. The molecule has 2 aromatic carbocycles. The molecule has 1 aromatic heterocycles. The molecule has 29 heavy (non-hydrogen) atoms. The van der Waals surface area contributed by atoms with Gasteiger partial charge in [0, 0.05) is 18.5 Å². The van der Waals surface area contributed by atoms with Gasteiger partial charge < -0.3 is 14.2 Å². The summed E-state index contributed by atoms with van der Waals surface area (Å²) in [6.45, 7) is 0.681. The summed E-state index contributed by atoms with van der Waals surface area (Å²) in [5, 5.41) is 4.01. The fraction of sp³-hybridized carbons (Fsp3) is 0.318. The lowest BCUT2D eigenvalue weighted by atomic mass is 10.1. The molecule has 6 nitrogen and oxygen atoms in total. The molecule has 150 valence electrons. The van der Waals surface area contributed by atoms with Gasteiger partial charge in [-0.1, -0.05) is 17.3 Å². The van der Waals surface area contributed by atoms with E-state index in [2.05, 4.69) is 10.1 Å². The van der Waals surface area contributed by atoms with E-state index < -0.39 is 0 Å². The third-order valence-electron chi connectivity index (χ3n) is 5.19. The zero-order valence-electron chi connectivity index (χ0n) is 16.2. The van der Waals surface area contributed by atoms with Crippen molar-refractivity contribution in [2.45, 2.75) is 31.7 Å². The van der Waals surface area contributed by atoms with Crippen LogP contribution in [0.3, 0.4) is 0 Å². The van der Waals surface area contributed by atoms with Crippen LogP contribution in [0.4, 0.5) is 4.39 Å². The smallest absolute Gasteiger partial charge is 0.249 e. The zero-order valence-corrected chi connectivity index (χ0v) is 16.2. The molecule has 0 spiro atoms. The van der Waals surface area contributed by atoms with Gasteiger partial charge in [-0.2, -0.15) is 4.98 Å². The lowest BCUT2D eigenvalue weighted by Gasteiger charge is -2.21. The molecule has 3 aromatic rings. The van der Waals surface area contributed by atoms with Crippen molar-refractivity contribution in [3.63, 3.8) is 0 Å². The molecule has 1 amide bonds. The van der Waals surface area contributed by atoms with Crippen molar-refractivity contribution in [1.82, 2.24) is 15.0 Å². The highest BCUT2D eigenvalue weighted by Crippen LogP contribution is 2.32. The second-order valence-corrected chi connectivity index (χ2v) is 7.06. The van der Waals surface area contributed by atoms with E-state index in [1.54, 1.807) is 19.2 Å². The molecule has 2 heterocycles. The molecule has 1 saturated heterocycles. The Morgan fingerprint density at radius 1 is 1.21 bits per heavy atom. The number of ether oxygens (including phenoxy) is 1. The number of rotatable bonds is 6.